The Labute approximate surface area is 176 Å². The van der Waals surface area contributed by atoms with Gasteiger partial charge in [0.1, 0.15) is 0 Å². The van der Waals surface area contributed by atoms with Gasteiger partial charge in [-0.25, -0.2) is 4.79 Å². The van der Waals surface area contributed by atoms with Crippen molar-refractivity contribution in [1.29, 1.82) is 0 Å². The lowest BCUT2D eigenvalue weighted by molar-refractivity contribution is 0.0935. The monoisotopic (exact) mass is 404 g/mol. The lowest BCUT2D eigenvalue weighted by Crippen LogP contribution is -2.50. The van der Waals surface area contributed by atoms with Crippen LogP contribution in [0.4, 0.5) is 4.79 Å². The number of likely N-dealkylation sites (tertiary alicyclic amines) is 1. The predicted molar refractivity (Wildman–Crippen MR) is 119 cm³/mol. The summed E-state index contributed by atoms with van der Waals surface area (Å²) in [5.74, 6) is -0.358. The molecule has 0 aliphatic carbocycles. The van der Waals surface area contributed by atoms with Gasteiger partial charge in [-0.2, -0.15) is 0 Å². The first kappa shape index (κ1) is 20.2. The standard InChI is InChI=1S/C24H28N4O2/c1-27(24(30)26-23(29)18-7-3-2-4-8-18)20-12-15-28(16-13-20)14-11-19-17-25-22-10-6-5-9-21(19)22/h2-10,17,20,25H,11-16H2,1H3,(H,26,29,30). The van der Waals surface area contributed by atoms with E-state index in [-0.39, 0.29) is 18.0 Å². The third-order valence-corrected chi connectivity index (χ3v) is 6.05. The van der Waals surface area contributed by atoms with Gasteiger partial charge in [0.15, 0.2) is 0 Å². The van der Waals surface area contributed by atoms with Crippen molar-refractivity contribution in [2.24, 2.45) is 0 Å². The Kier molecular flexibility index (Phi) is 6.14. The Balaban J connectivity index is 1.24. The van der Waals surface area contributed by atoms with Crippen molar-refractivity contribution in [1.82, 2.24) is 20.1 Å². The lowest BCUT2D eigenvalue weighted by Gasteiger charge is -2.36. The fourth-order valence-electron chi connectivity index (χ4n) is 4.16. The second-order valence-electron chi connectivity index (χ2n) is 7.92. The number of benzene rings is 2. The van der Waals surface area contributed by atoms with Gasteiger partial charge in [0.05, 0.1) is 0 Å². The maximum absolute atomic E-state index is 12.5. The highest BCUT2D eigenvalue weighted by molar-refractivity contribution is 6.04. The fourth-order valence-corrected chi connectivity index (χ4v) is 4.16. The number of nitrogens with zero attached hydrogens (tertiary/aromatic N) is 2. The van der Waals surface area contributed by atoms with Crippen LogP contribution >= 0.6 is 0 Å². The van der Waals surface area contributed by atoms with E-state index in [2.05, 4.69) is 39.6 Å². The Hall–Kier alpha value is -3.12. The third kappa shape index (κ3) is 4.54. The molecule has 156 valence electrons. The zero-order valence-electron chi connectivity index (χ0n) is 17.3. The molecular formula is C24H28N4O2. The van der Waals surface area contributed by atoms with Gasteiger partial charge in [0.2, 0.25) is 0 Å². The lowest BCUT2D eigenvalue weighted by atomic mass is 10.0. The fraction of sp³-hybridized carbons (Fsp3) is 0.333. The molecule has 3 aromatic rings. The molecule has 1 aromatic heterocycles. The smallest absolute Gasteiger partial charge is 0.324 e. The van der Waals surface area contributed by atoms with Crippen molar-refractivity contribution < 1.29 is 9.59 Å². The molecule has 2 heterocycles. The van der Waals surface area contributed by atoms with Gasteiger partial charge in [0.25, 0.3) is 5.91 Å². The van der Waals surface area contributed by atoms with Gasteiger partial charge < -0.3 is 14.8 Å². The summed E-state index contributed by atoms with van der Waals surface area (Å²) in [6, 6.07) is 17.0. The first-order chi connectivity index (χ1) is 14.6. The Morgan fingerprint density at radius 1 is 1.07 bits per heavy atom. The van der Waals surface area contributed by atoms with E-state index in [4.69, 9.17) is 0 Å². The number of carbonyl (C=O) groups is 2. The van der Waals surface area contributed by atoms with E-state index >= 15 is 0 Å². The third-order valence-electron chi connectivity index (χ3n) is 6.05. The van der Waals surface area contributed by atoms with Crippen molar-refractivity contribution in [2.45, 2.75) is 25.3 Å². The molecule has 1 aliphatic heterocycles. The van der Waals surface area contributed by atoms with E-state index in [1.54, 1.807) is 36.2 Å². The molecule has 0 saturated carbocycles. The number of para-hydroxylation sites is 1. The molecule has 30 heavy (non-hydrogen) atoms. The van der Waals surface area contributed by atoms with Gasteiger partial charge in [-0.3, -0.25) is 10.1 Å². The molecular weight excluding hydrogens is 376 g/mol. The van der Waals surface area contributed by atoms with Crippen LogP contribution in [0.2, 0.25) is 0 Å². The number of carbonyl (C=O) groups excluding carboxylic acids is 2. The van der Waals surface area contributed by atoms with Crippen LogP contribution in [-0.4, -0.2) is 59.4 Å². The van der Waals surface area contributed by atoms with Crippen molar-refractivity contribution in [2.75, 3.05) is 26.7 Å². The summed E-state index contributed by atoms with van der Waals surface area (Å²) < 4.78 is 0. The number of imide groups is 1. The molecule has 4 rings (SSSR count). The van der Waals surface area contributed by atoms with Crippen LogP contribution in [-0.2, 0) is 6.42 Å². The Bertz CT molecular complexity index is 1010. The molecule has 0 atom stereocenters. The number of aromatic nitrogens is 1. The van der Waals surface area contributed by atoms with Crippen molar-refractivity contribution in [3.8, 4) is 0 Å². The number of urea groups is 1. The molecule has 2 aromatic carbocycles. The van der Waals surface area contributed by atoms with Crippen molar-refractivity contribution in [3.63, 3.8) is 0 Å². The Morgan fingerprint density at radius 2 is 1.77 bits per heavy atom. The number of nitrogens with one attached hydrogen (secondary N) is 2. The van der Waals surface area contributed by atoms with Crippen LogP contribution in [0.5, 0.6) is 0 Å². The minimum Gasteiger partial charge on any atom is -0.361 e. The van der Waals surface area contributed by atoms with Gasteiger partial charge in [-0.05, 0) is 43.0 Å². The maximum Gasteiger partial charge on any atom is 0.324 e. The molecule has 2 N–H and O–H groups in total. The van der Waals surface area contributed by atoms with E-state index in [1.807, 2.05) is 12.1 Å². The minimum absolute atomic E-state index is 0.151. The summed E-state index contributed by atoms with van der Waals surface area (Å²) in [6.45, 7) is 2.92. The number of hydrogen-bond acceptors (Lipinski definition) is 3. The number of hydrogen-bond donors (Lipinski definition) is 2. The number of fused-ring (bicyclic) bond motifs is 1. The number of H-pyrrole nitrogens is 1. The SMILES string of the molecule is CN(C(=O)NC(=O)c1ccccc1)C1CCN(CCc2c[nH]c3ccccc23)CC1. The normalized spacial score (nSPS) is 15.2. The summed E-state index contributed by atoms with van der Waals surface area (Å²) in [4.78, 5) is 32.2. The molecule has 0 radical (unpaired) electrons. The summed E-state index contributed by atoms with van der Waals surface area (Å²) in [6.07, 6.45) is 4.95. The van der Waals surface area contributed by atoms with Crippen molar-refractivity contribution >= 4 is 22.8 Å². The molecule has 1 fully saturated rings. The molecule has 3 amide bonds. The van der Waals surface area contributed by atoms with Gasteiger partial charge >= 0.3 is 6.03 Å². The summed E-state index contributed by atoms with van der Waals surface area (Å²) >= 11 is 0. The van der Waals surface area contributed by atoms with Crippen LogP contribution in [0.1, 0.15) is 28.8 Å². The highest BCUT2D eigenvalue weighted by atomic mass is 16.2. The number of piperidine rings is 1. The van der Waals surface area contributed by atoms with E-state index in [0.717, 1.165) is 38.9 Å². The maximum atomic E-state index is 12.5. The largest absolute Gasteiger partial charge is 0.361 e. The van der Waals surface area contributed by atoms with Crippen LogP contribution in [0.25, 0.3) is 10.9 Å². The second-order valence-corrected chi connectivity index (χ2v) is 7.92. The van der Waals surface area contributed by atoms with Crippen LogP contribution in [0.3, 0.4) is 0 Å². The summed E-state index contributed by atoms with van der Waals surface area (Å²) in [5.41, 5.74) is 3.03. The highest BCUT2D eigenvalue weighted by Gasteiger charge is 2.26. The van der Waals surface area contributed by atoms with E-state index in [9.17, 15) is 9.59 Å². The first-order valence-electron chi connectivity index (χ1n) is 10.5. The second kappa shape index (κ2) is 9.13. The summed E-state index contributed by atoms with van der Waals surface area (Å²) in [5, 5.41) is 3.79. The molecule has 6 nitrogen and oxygen atoms in total. The molecule has 0 unspecified atom stereocenters. The number of amides is 3. The van der Waals surface area contributed by atoms with Gasteiger partial charge in [-0.15, -0.1) is 0 Å². The summed E-state index contributed by atoms with van der Waals surface area (Å²) in [7, 11) is 1.78. The van der Waals surface area contributed by atoms with E-state index in [1.165, 1.54) is 16.5 Å². The molecule has 6 heteroatoms. The molecule has 0 spiro atoms. The topological polar surface area (TPSA) is 68.4 Å². The zero-order valence-corrected chi connectivity index (χ0v) is 17.3. The van der Waals surface area contributed by atoms with Crippen molar-refractivity contribution in [3.05, 3.63) is 71.9 Å². The quantitative estimate of drug-likeness (QED) is 0.682. The predicted octanol–water partition coefficient (Wildman–Crippen LogP) is 3.66. The van der Waals surface area contributed by atoms with Crippen LogP contribution in [0, 0.1) is 0 Å². The number of aromatic amines is 1. The van der Waals surface area contributed by atoms with E-state index in [0.29, 0.717) is 5.56 Å². The van der Waals surface area contributed by atoms with Crippen LogP contribution < -0.4 is 5.32 Å². The average molecular weight is 405 g/mol. The minimum atomic E-state index is -0.358. The zero-order chi connectivity index (χ0) is 20.9. The highest BCUT2D eigenvalue weighted by Crippen LogP contribution is 2.20. The Morgan fingerprint density at radius 3 is 2.53 bits per heavy atom. The van der Waals surface area contributed by atoms with Gasteiger partial charge in [0, 0.05) is 55.4 Å². The number of rotatable bonds is 5. The molecule has 1 aliphatic rings. The van der Waals surface area contributed by atoms with Gasteiger partial charge in [-0.1, -0.05) is 36.4 Å². The first-order valence-corrected chi connectivity index (χ1v) is 10.5. The molecule has 0 bridgehead atoms. The average Bonchev–Trinajstić information content (AvgIpc) is 3.21. The van der Waals surface area contributed by atoms with E-state index < -0.39 is 0 Å². The molecule has 1 saturated heterocycles. The van der Waals surface area contributed by atoms with Crippen LogP contribution in [0.15, 0.2) is 60.8 Å².